The summed E-state index contributed by atoms with van der Waals surface area (Å²) in [6.45, 7) is 0. The van der Waals surface area contributed by atoms with Gasteiger partial charge in [-0.25, -0.2) is 15.0 Å². The molecule has 0 saturated heterocycles. The van der Waals surface area contributed by atoms with E-state index in [-0.39, 0.29) is 0 Å². The van der Waals surface area contributed by atoms with Crippen LogP contribution in [0, 0.1) is 0 Å². The molecular formula is C42H26N4. The normalized spacial score (nSPS) is 11.5. The zero-order valence-corrected chi connectivity index (χ0v) is 24.8. The van der Waals surface area contributed by atoms with Crippen LogP contribution in [-0.2, 0) is 0 Å². The molecular weight excluding hydrogens is 560 g/mol. The van der Waals surface area contributed by atoms with E-state index in [4.69, 9.17) is 15.0 Å². The lowest BCUT2D eigenvalue weighted by Crippen LogP contribution is -2.01. The van der Waals surface area contributed by atoms with Gasteiger partial charge in [0.25, 0.3) is 0 Å². The highest BCUT2D eigenvalue weighted by atomic mass is 15.0. The van der Waals surface area contributed by atoms with Gasteiger partial charge in [-0.15, -0.1) is 0 Å². The minimum absolute atomic E-state index is 0.549. The summed E-state index contributed by atoms with van der Waals surface area (Å²) < 4.78 is 0. The molecule has 0 atom stereocenters. The molecule has 0 saturated carbocycles. The van der Waals surface area contributed by atoms with E-state index in [1.54, 1.807) is 6.20 Å². The van der Waals surface area contributed by atoms with Crippen molar-refractivity contribution < 1.29 is 0 Å². The van der Waals surface area contributed by atoms with Gasteiger partial charge in [0.05, 0.1) is 0 Å². The number of pyridine rings is 1. The fourth-order valence-corrected chi connectivity index (χ4v) is 6.56. The van der Waals surface area contributed by atoms with Gasteiger partial charge < -0.3 is 0 Å². The molecule has 0 fully saturated rings. The van der Waals surface area contributed by atoms with E-state index in [1.165, 1.54) is 48.7 Å². The Hall–Kier alpha value is -6.26. The van der Waals surface area contributed by atoms with E-state index >= 15 is 0 Å². The van der Waals surface area contributed by atoms with E-state index < -0.39 is 0 Å². The zero-order chi connectivity index (χ0) is 30.5. The van der Waals surface area contributed by atoms with Crippen LogP contribution >= 0.6 is 0 Å². The molecule has 214 valence electrons. The Morgan fingerprint density at radius 3 is 1.74 bits per heavy atom. The summed E-state index contributed by atoms with van der Waals surface area (Å²) in [6, 6.07) is 53.1. The quantitative estimate of drug-likeness (QED) is 0.193. The molecule has 0 amide bonds. The molecule has 0 aliphatic heterocycles. The molecule has 4 nitrogen and oxygen atoms in total. The van der Waals surface area contributed by atoms with Gasteiger partial charge in [-0.05, 0) is 72.4 Å². The van der Waals surface area contributed by atoms with Crippen LogP contribution in [0.4, 0.5) is 0 Å². The van der Waals surface area contributed by atoms with Crippen molar-refractivity contribution in [1.82, 2.24) is 19.9 Å². The van der Waals surface area contributed by atoms with Crippen molar-refractivity contribution in [3.05, 3.63) is 158 Å². The summed E-state index contributed by atoms with van der Waals surface area (Å²) in [5.41, 5.74) is 4.90. The molecule has 9 rings (SSSR count). The summed E-state index contributed by atoms with van der Waals surface area (Å²) in [5, 5.41) is 10.1. The molecule has 2 heterocycles. The standard InChI is InChI=1S/C42H26N4/c1-2-11-29(12-3-1)40-44-41(46-42(45-40)38-16-8-9-25-43-38)30-19-17-28(18-20-30)37-26-31-13-5-7-15-33(31)39-35-22-21-27-10-4-6-14-32(27)34(35)23-24-36(37)39/h1-26H. The molecule has 46 heavy (non-hydrogen) atoms. The van der Waals surface area contributed by atoms with E-state index in [0.29, 0.717) is 23.2 Å². The Balaban J connectivity index is 1.21. The Morgan fingerprint density at radius 1 is 0.348 bits per heavy atom. The maximum absolute atomic E-state index is 4.90. The minimum atomic E-state index is 0.549. The lowest BCUT2D eigenvalue weighted by Gasteiger charge is -2.15. The van der Waals surface area contributed by atoms with Crippen molar-refractivity contribution in [2.24, 2.45) is 0 Å². The first-order valence-electron chi connectivity index (χ1n) is 15.4. The van der Waals surface area contributed by atoms with Gasteiger partial charge >= 0.3 is 0 Å². The van der Waals surface area contributed by atoms with Crippen molar-refractivity contribution in [2.75, 3.05) is 0 Å². The van der Waals surface area contributed by atoms with Crippen LogP contribution in [0.3, 0.4) is 0 Å². The van der Waals surface area contributed by atoms with E-state index in [0.717, 1.165) is 16.7 Å². The summed E-state index contributed by atoms with van der Waals surface area (Å²) in [4.78, 5) is 19.1. The van der Waals surface area contributed by atoms with Gasteiger partial charge in [0, 0.05) is 17.3 Å². The van der Waals surface area contributed by atoms with Crippen molar-refractivity contribution in [3.8, 4) is 45.4 Å². The minimum Gasteiger partial charge on any atom is -0.253 e. The van der Waals surface area contributed by atoms with Crippen LogP contribution < -0.4 is 0 Å². The van der Waals surface area contributed by atoms with Gasteiger partial charge in [-0.2, -0.15) is 0 Å². The molecule has 0 aliphatic carbocycles. The third-order valence-electron chi connectivity index (χ3n) is 8.76. The predicted octanol–water partition coefficient (Wildman–Crippen LogP) is 10.5. The number of benzene rings is 7. The molecule has 0 N–H and O–H groups in total. The topological polar surface area (TPSA) is 51.6 Å². The number of aromatic nitrogens is 4. The number of fused-ring (bicyclic) bond motifs is 7. The first-order chi connectivity index (χ1) is 22.8. The summed E-state index contributed by atoms with van der Waals surface area (Å²) >= 11 is 0. The smallest absolute Gasteiger partial charge is 0.182 e. The van der Waals surface area contributed by atoms with E-state index in [9.17, 15) is 0 Å². The highest BCUT2D eigenvalue weighted by Gasteiger charge is 2.15. The van der Waals surface area contributed by atoms with Crippen molar-refractivity contribution >= 4 is 43.1 Å². The SMILES string of the molecule is c1ccc(-c2nc(-c3ccc(-c4cc5ccccc5c5c4ccc4c6ccccc6ccc45)cc3)nc(-c3ccccn3)n2)cc1. The first-order valence-corrected chi connectivity index (χ1v) is 15.4. The van der Waals surface area contributed by atoms with Crippen molar-refractivity contribution in [1.29, 1.82) is 0 Å². The van der Waals surface area contributed by atoms with Gasteiger partial charge in [0.1, 0.15) is 5.69 Å². The molecule has 0 unspecified atom stereocenters. The molecule has 0 radical (unpaired) electrons. The lowest BCUT2D eigenvalue weighted by atomic mass is 9.89. The number of hydrogen-bond acceptors (Lipinski definition) is 4. The number of rotatable bonds is 4. The summed E-state index contributed by atoms with van der Waals surface area (Å²) in [6.07, 6.45) is 1.76. The van der Waals surface area contributed by atoms with Gasteiger partial charge in [0.15, 0.2) is 17.5 Å². The Kier molecular flexibility index (Phi) is 6.10. The Labute approximate surface area is 265 Å². The predicted molar refractivity (Wildman–Crippen MR) is 189 cm³/mol. The van der Waals surface area contributed by atoms with Crippen LogP contribution in [0.25, 0.3) is 88.5 Å². The summed E-state index contributed by atoms with van der Waals surface area (Å²) in [5.74, 6) is 1.78. The van der Waals surface area contributed by atoms with Gasteiger partial charge in [0.2, 0.25) is 0 Å². The van der Waals surface area contributed by atoms with Gasteiger partial charge in [-0.1, -0.05) is 133 Å². The maximum atomic E-state index is 4.90. The molecule has 4 heteroatoms. The fourth-order valence-electron chi connectivity index (χ4n) is 6.56. The lowest BCUT2D eigenvalue weighted by molar-refractivity contribution is 1.06. The molecule has 0 bridgehead atoms. The average Bonchev–Trinajstić information content (AvgIpc) is 3.14. The average molecular weight is 587 g/mol. The second-order valence-electron chi connectivity index (χ2n) is 11.5. The molecule has 0 spiro atoms. The van der Waals surface area contributed by atoms with Crippen LogP contribution in [0.5, 0.6) is 0 Å². The van der Waals surface area contributed by atoms with Crippen molar-refractivity contribution in [2.45, 2.75) is 0 Å². The first kappa shape index (κ1) is 26.2. The third kappa shape index (κ3) is 4.39. The van der Waals surface area contributed by atoms with Crippen LogP contribution in [0.15, 0.2) is 158 Å². The van der Waals surface area contributed by atoms with Gasteiger partial charge in [-0.3, -0.25) is 4.98 Å². The molecule has 7 aromatic carbocycles. The largest absolute Gasteiger partial charge is 0.253 e. The van der Waals surface area contributed by atoms with Crippen LogP contribution in [-0.4, -0.2) is 19.9 Å². The highest BCUT2D eigenvalue weighted by molar-refractivity contribution is 6.27. The number of nitrogens with zero attached hydrogens (tertiary/aromatic N) is 4. The van der Waals surface area contributed by atoms with E-state index in [1.807, 2.05) is 48.5 Å². The zero-order valence-electron chi connectivity index (χ0n) is 24.8. The monoisotopic (exact) mass is 586 g/mol. The second kappa shape index (κ2) is 10.7. The Morgan fingerprint density at radius 2 is 0.957 bits per heavy atom. The number of hydrogen-bond donors (Lipinski definition) is 0. The molecule has 2 aromatic heterocycles. The fraction of sp³-hybridized carbons (Fsp3) is 0. The third-order valence-corrected chi connectivity index (χ3v) is 8.76. The van der Waals surface area contributed by atoms with Crippen LogP contribution in [0.2, 0.25) is 0 Å². The molecule has 0 aliphatic rings. The van der Waals surface area contributed by atoms with Crippen molar-refractivity contribution in [3.63, 3.8) is 0 Å². The molecule has 9 aromatic rings. The van der Waals surface area contributed by atoms with Crippen LogP contribution in [0.1, 0.15) is 0 Å². The second-order valence-corrected chi connectivity index (χ2v) is 11.5. The summed E-state index contributed by atoms with van der Waals surface area (Å²) in [7, 11) is 0. The Bertz CT molecular complexity index is 2500. The maximum Gasteiger partial charge on any atom is 0.182 e. The highest BCUT2D eigenvalue weighted by Crippen LogP contribution is 2.41. The van der Waals surface area contributed by atoms with E-state index in [2.05, 4.69) is 108 Å².